The summed E-state index contributed by atoms with van der Waals surface area (Å²) in [5.41, 5.74) is -0.301. The van der Waals surface area contributed by atoms with Crippen LogP contribution in [0.25, 0.3) is 0 Å². The Kier molecular flexibility index (Phi) is 4.30. The molecule has 0 amide bonds. The molecule has 0 atom stereocenters. The Morgan fingerprint density at radius 2 is 2.18 bits per heavy atom. The number of rotatable bonds is 4. The van der Waals surface area contributed by atoms with Crippen LogP contribution < -0.4 is 4.72 Å². The van der Waals surface area contributed by atoms with Gasteiger partial charge in [0.25, 0.3) is 10.0 Å². The molecule has 2 aromatic rings. The van der Waals surface area contributed by atoms with Crippen molar-refractivity contribution in [1.29, 1.82) is 5.26 Å². The maximum absolute atomic E-state index is 12.2. The number of halogens is 1. The number of anilines is 1. The van der Waals surface area contributed by atoms with Crippen LogP contribution in [0.15, 0.2) is 27.7 Å². The van der Waals surface area contributed by atoms with Crippen LogP contribution in [-0.2, 0) is 14.8 Å². The normalized spacial score (nSPS) is 10.8. The fourth-order valence-electron chi connectivity index (χ4n) is 1.43. The van der Waals surface area contributed by atoms with E-state index in [1.165, 1.54) is 12.1 Å². The number of aromatic nitrogens is 2. The third-order valence-electron chi connectivity index (χ3n) is 2.47. The van der Waals surface area contributed by atoms with Gasteiger partial charge < -0.3 is 4.74 Å². The topological polar surface area (TPSA) is 135 Å². The molecule has 0 saturated heterocycles. The van der Waals surface area contributed by atoms with Crippen molar-refractivity contribution in [1.82, 2.24) is 10.3 Å². The Balaban J connectivity index is 2.37. The van der Waals surface area contributed by atoms with Gasteiger partial charge in [-0.1, -0.05) is 11.6 Å². The number of carbonyl (C=O) groups excluding carboxylic acids is 1. The Morgan fingerprint density at radius 1 is 1.45 bits per heavy atom. The van der Waals surface area contributed by atoms with E-state index in [0.717, 1.165) is 13.2 Å². The summed E-state index contributed by atoms with van der Waals surface area (Å²) in [6.45, 7) is 0. The van der Waals surface area contributed by atoms with Gasteiger partial charge in [0.05, 0.1) is 22.6 Å². The summed E-state index contributed by atoms with van der Waals surface area (Å²) in [7, 11) is -3.02. The van der Waals surface area contributed by atoms with Gasteiger partial charge in [0.1, 0.15) is 6.07 Å². The average molecular weight is 343 g/mol. The molecule has 0 spiro atoms. The minimum absolute atomic E-state index is 0.0307. The Bertz CT molecular complexity index is 871. The van der Waals surface area contributed by atoms with E-state index in [4.69, 9.17) is 16.9 Å². The lowest BCUT2D eigenvalue weighted by molar-refractivity contribution is 0.0589. The molecule has 1 heterocycles. The fraction of sp³-hybridized carbons (Fsp3) is 0.0909. The monoisotopic (exact) mass is 342 g/mol. The number of esters is 1. The maximum atomic E-state index is 12.2. The molecule has 11 heteroatoms. The van der Waals surface area contributed by atoms with Crippen LogP contribution in [0, 0.1) is 11.3 Å². The van der Waals surface area contributed by atoms with E-state index < -0.39 is 27.5 Å². The number of nitrogens with zero attached hydrogens (tertiary/aromatic N) is 3. The van der Waals surface area contributed by atoms with Crippen molar-refractivity contribution in [2.24, 2.45) is 0 Å². The van der Waals surface area contributed by atoms with Crippen LogP contribution in [0.3, 0.4) is 0 Å². The van der Waals surface area contributed by atoms with Gasteiger partial charge in [-0.3, -0.25) is 4.72 Å². The van der Waals surface area contributed by atoms with E-state index in [-0.39, 0.29) is 15.5 Å². The van der Waals surface area contributed by atoms with E-state index in [9.17, 15) is 13.2 Å². The smallest absolute Gasteiger partial charge is 0.364 e. The predicted octanol–water partition coefficient (Wildman–Crippen LogP) is 1.18. The first-order chi connectivity index (χ1) is 10.4. The zero-order valence-electron chi connectivity index (χ0n) is 10.9. The third kappa shape index (κ3) is 3.00. The first-order valence-electron chi connectivity index (χ1n) is 5.52. The molecule has 9 nitrogen and oxygen atoms in total. The molecule has 0 aliphatic carbocycles. The first-order valence-corrected chi connectivity index (χ1v) is 7.38. The largest absolute Gasteiger partial charge is 0.464 e. The zero-order chi connectivity index (χ0) is 16.3. The summed E-state index contributed by atoms with van der Waals surface area (Å²) in [6.07, 6.45) is 0. The van der Waals surface area contributed by atoms with E-state index in [1.807, 2.05) is 4.72 Å². The highest BCUT2D eigenvalue weighted by molar-refractivity contribution is 7.92. The van der Waals surface area contributed by atoms with Crippen LogP contribution in [0.2, 0.25) is 5.02 Å². The number of nitrogens with one attached hydrogen (secondary N) is 1. The first kappa shape index (κ1) is 15.7. The lowest BCUT2D eigenvalue weighted by Crippen LogP contribution is -2.16. The van der Waals surface area contributed by atoms with Crippen LogP contribution in [-0.4, -0.2) is 31.8 Å². The number of hydrogen-bond donors (Lipinski definition) is 1. The zero-order valence-corrected chi connectivity index (χ0v) is 12.5. The van der Waals surface area contributed by atoms with Gasteiger partial charge in [-0.15, -0.1) is 0 Å². The van der Waals surface area contributed by atoms with Crippen molar-refractivity contribution in [2.75, 3.05) is 11.8 Å². The quantitative estimate of drug-likeness (QED) is 0.818. The third-order valence-corrected chi connectivity index (χ3v) is 4.12. The van der Waals surface area contributed by atoms with E-state index in [1.54, 1.807) is 6.07 Å². The number of methoxy groups -OCH3 is 1. The second-order valence-electron chi connectivity index (χ2n) is 3.81. The van der Waals surface area contributed by atoms with Crippen molar-refractivity contribution >= 4 is 33.4 Å². The molecule has 2 rings (SSSR count). The molecule has 0 bridgehead atoms. The molecule has 0 radical (unpaired) electrons. The number of hydrogen-bond acceptors (Lipinski definition) is 8. The fourth-order valence-corrected chi connectivity index (χ4v) is 2.74. The van der Waals surface area contributed by atoms with Gasteiger partial charge in [0.15, 0.2) is 0 Å². The number of ether oxygens (including phenoxy) is 1. The molecule has 0 saturated carbocycles. The van der Waals surface area contributed by atoms with Gasteiger partial charge in [0.2, 0.25) is 11.5 Å². The lowest BCUT2D eigenvalue weighted by atomic mass is 10.2. The SMILES string of the molecule is COC(=O)c1nonc1NS(=O)(=O)c1ccc(C#N)c(Cl)c1. The molecule has 0 aliphatic rings. The molecular formula is C11H7ClN4O5S. The van der Waals surface area contributed by atoms with Gasteiger partial charge >= 0.3 is 5.97 Å². The predicted molar refractivity (Wildman–Crippen MR) is 72.6 cm³/mol. The number of carbonyl (C=O) groups is 1. The van der Waals surface area contributed by atoms with Crippen molar-refractivity contribution in [3.63, 3.8) is 0 Å². The molecule has 0 aliphatic heterocycles. The Hall–Kier alpha value is -2.64. The summed E-state index contributed by atoms with van der Waals surface area (Å²) in [6, 6.07) is 5.32. The van der Waals surface area contributed by atoms with Crippen molar-refractivity contribution < 1.29 is 22.6 Å². The number of sulfonamides is 1. The molecular weight excluding hydrogens is 336 g/mol. The molecule has 1 aromatic carbocycles. The molecule has 1 aromatic heterocycles. The Morgan fingerprint density at radius 3 is 2.77 bits per heavy atom. The minimum atomic E-state index is -4.11. The highest BCUT2D eigenvalue weighted by Crippen LogP contribution is 2.22. The van der Waals surface area contributed by atoms with Gasteiger partial charge in [-0.05, 0) is 28.5 Å². The van der Waals surface area contributed by atoms with Gasteiger partial charge in [-0.25, -0.2) is 17.8 Å². The van der Waals surface area contributed by atoms with Crippen LogP contribution in [0.1, 0.15) is 16.1 Å². The molecule has 114 valence electrons. The summed E-state index contributed by atoms with van der Waals surface area (Å²) >= 11 is 5.79. The lowest BCUT2D eigenvalue weighted by Gasteiger charge is -2.06. The summed E-state index contributed by atoms with van der Waals surface area (Å²) in [4.78, 5) is 11.2. The Labute approximate surface area is 129 Å². The molecule has 0 fully saturated rings. The highest BCUT2D eigenvalue weighted by atomic mass is 35.5. The molecule has 0 unspecified atom stereocenters. The second kappa shape index (κ2) is 6.00. The minimum Gasteiger partial charge on any atom is -0.464 e. The van der Waals surface area contributed by atoms with Crippen LogP contribution in [0.5, 0.6) is 0 Å². The summed E-state index contributed by atoms with van der Waals surface area (Å²) < 4.78 is 35.2. The summed E-state index contributed by atoms with van der Waals surface area (Å²) in [5.74, 6) is -1.34. The molecule has 1 N–H and O–H groups in total. The van der Waals surface area contributed by atoms with Crippen LogP contribution >= 0.6 is 11.6 Å². The van der Waals surface area contributed by atoms with Crippen molar-refractivity contribution in [2.45, 2.75) is 4.90 Å². The van der Waals surface area contributed by atoms with Gasteiger partial charge in [0, 0.05) is 0 Å². The standard InChI is InChI=1S/C11H7ClN4O5S/c1-20-11(17)9-10(15-21-14-9)16-22(18,19)7-3-2-6(5-13)8(12)4-7/h2-4H,1H3,(H,15,16). The number of benzene rings is 1. The van der Waals surface area contributed by atoms with E-state index >= 15 is 0 Å². The molecule has 22 heavy (non-hydrogen) atoms. The van der Waals surface area contributed by atoms with Crippen molar-refractivity contribution in [3.8, 4) is 6.07 Å². The van der Waals surface area contributed by atoms with Gasteiger partial charge in [-0.2, -0.15) is 5.26 Å². The average Bonchev–Trinajstić information content (AvgIpc) is 2.93. The second-order valence-corrected chi connectivity index (χ2v) is 5.90. The van der Waals surface area contributed by atoms with E-state index in [0.29, 0.717) is 0 Å². The van der Waals surface area contributed by atoms with Crippen molar-refractivity contribution in [3.05, 3.63) is 34.5 Å². The highest BCUT2D eigenvalue weighted by Gasteiger charge is 2.24. The van der Waals surface area contributed by atoms with E-state index in [2.05, 4.69) is 19.7 Å². The number of nitriles is 1. The van der Waals surface area contributed by atoms with Crippen LogP contribution in [0.4, 0.5) is 5.82 Å². The maximum Gasteiger partial charge on any atom is 0.364 e. The summed E-state index contributed by atoms with van der Waals surface area (Å²) in [5, 5.41) is 15.3.